The van der Waals surface area contributed by atoms with Crippen molar-refractivity contribution in [3.63, 3.8) is 0 Å². The molecule has 1 amide bonds. The van der Waals surface area contributed by atoms with Gasteiger partial charge in [-0.1, -0.05) is 38.5 Å². The maximum absolute atomic E-state index is 12.7. The van der Waals surface area contributed by atoms with Crippen LogP contribution in [0.3, 0.4) is 0 Å². The Bertz CT molecular complexity index is 397. The van der Waals surface area contributed by atoms with Crippen molar-refractivity contribution >= 4 is 17.7 Å². The summed E-state index contributed by atoms with van der Waals surface area (Å²) in [6.45, 7) is 3.15. The Morgan fingerprint density at radius 1 is 0.957 bits per heavy atom. The molecule has 0 aromatic rings. The molecule has 5 heteroatoms. The highest BCUT2D eigenvalue weighted by Crippen LogP contribution is 2.35. The number of hydrogen-bond acceptors (Lipinski definition) is 4. The van der Waals surface area contributed by atoms with Crippen LogP contribution in [-0.4, -0.2) is 53.0 Å². The summed E-state index contributed by atoms with van der Waals surface area (Å²) in [5, 5.41) is 3.29. The van der Waals surface area contributed by atoms with Crippen molar-refractivity contribution in [1.82, 2.24) is 10.2 Å². The molecule has 0 aromatic heterocycles. The van der Waals surface area contributed by atoms with Gasteiger partial charge in [-0.25, -0.2) is 0 Å². The van der Waals surface area contributed by atoms with Gasteiger partial charge in [0, 0.05) is 36.7 Å². The molecular formula is C18H33N3OS. The maximum Gasteiger partial charge on any atom is 0.240 e. The number of thioether (sulfide) groups is 1. The molecule has 0 radical (unpaired) electrons. The monoisotopic (exact) mass is 339 g/mol. The van der Waals surface area contributed by atoms with E-state index >= 15 is 0 Å². The standard InChI is InChI=1S/C18H33N3OS/c19-18(9-5-2-6-10-18)16(22)20-15-17(7-3-1-4-8-17)21-11-13-23-14-12-21/h1-15,19H2,(H,20,22). The summed E-state index contributed by atoms with van der Waals surface area (Å²) in [5.74, 6) is 2.57. The molecule has 2 aliphatic carbocycles. The number of amides is 1. The predicted molar refractivity (Wildman–Crippen MR) is 97.7 cm³/mol. The molecule has 3 N–H and O–H groups in total. The molecule has 4 nitrogen and oxygen atoms in total. The van der Waals surface area contributed by atoms with Crippen LogP contribution in [0.2, 0.25) is 0 Å². The minimum Gasteiger partial charge on any atom is -0.353 e. The third-order valence-electron chi connectivity index (χ3n) is 6.24. The van der Waals surface area contributed by atoms with Crippen molar-refractivity contribution < 1.29 is 4.79 Å². The number of hydrogen-bond donors (Lipinski definition) is 2. The lowest BCUT2D eigenvalue weighted by Crippen LogP contribution is -2.62. The first-order valence-electron chi connectivity index (χ1n) is 9.55. The van der Waals surface area contributed by atoms with Gasteiger partial charge in [0.25, 0.3) is 0 Å². The van der Waals surface area contributed by atoms with E-state index in [2.05, 4.69) is 22.0 Å². The van der Waals surface area contributed by atoms with Crippen LogP contribution in [0.4, 0.5) is 0 Å². The number of nitrogens with one attached hydrogen (secondary N) is 1. The van der Waals surface area contributed by atoms with E-state index in [4.69, 9.17) is 5.73 Å². The van der Waals surface area contributed by atoms with Crippen LogP contribution in [0, 0.1) is 0 Å². The highest BCUT2D eigenvalue weighted by molar-refractivity contribution is 7.99. The average Bonchev–Trinajstić information content (AvgIpc) is 2.62. The largest absolute Gasteiger partial charge is 0.353 e. The molecule has 0 unspecified atom stereocenters. The molecule has 0 bridgehead atoms. The summed E-state index contributed by atoms with van der Waals surface area (Å²) >= 11 is 2.06. The van der Waals surface area contributed by atoms with E-state index in [0.717, 1.165) is 32.2 Å². The minimum absolute atomic E-state index is 0.105. The summed E-state index contributed by atoms with van der Waals surface area (Å²) in [7, 11) is 0. The van der Waals surface area contributed by atoms with E-state index in [1.54, 1.807) is 0 Å². The lowest BCUT2D eigenvalue weighted by molar-refractivity contribution is -0.128. The zero-order valence-corrected chi connectivity index (χ0v) is 15.3. The maximum atomic E-state index is 12.7. The van der Waals surface area contributed by atoms with Crippen LogP contribution < -0.4 is 11.1 Å². The Morgan fingerprint density at radius 2 is 1.52 bits per heavy atom. The fraction of sp³-hybridized carbons (Fsp3) is 0.944. The van der Waals surface area contributed by atoms with Gasteiger partial charge in [-0.05, 0) is 25.7 Å². The van der Waals surface area contributed by atoms with Crippen LogP contribution in [0.5, 0.6) is 0 Å². The third-order valence-corrected chi connectivity index (χ3v) is 7.18. The molecule has 0 aromatic carbocycles. The number of rotatable bonds is 4. The van der Waals surface area contributed by atoms with Crippen LogP contribution in [0.25, 0.3) is 0 Å². The zero-order chi connectivity index (χ0) is 16.2. The summed E-state index contributed by atoms with van der Waals surface area (Å²) in [6, 6.07) is 0. The second-order valence-corrected chi connectivity index (χ2v) is 9.01. The SMILES string of the molecule is NC1(C(=O)NCC2(N3CCSCC3)CCCCC2)CCCCC1. The van der Waals surface area contributed by atoms with Crippen LogP contribution in [-0.2, 0) is 4.79 Å². The first kappa shape index (κ1) is 17.6. The molecular weight excluding hydrogens is 306 g/mol. The van der Waals surface area contributed by atoms with E-state index < -0.39 is 5.54 Å². The molecule has 2 saturated carbocycles. The van der Waals surface area contributed by atoms with Crippen LogP contribution in [0.1, 0.15) is 64.2 Å². The van der Waals surface area contributed by atoms with Gasteiger partial charge >= 0.3 is 0 Å². The van der Waals surface area contributed by atoms with Gasteiger partial charge in [0.05, 0.1) is 5.54 Å². The van der Waals surface area contributed by atoms with Gasteiger partial charge in [0.15, 0.2) is 0 Å². The predicted octanol–water partition coefficient (Wildman–Crippen LogP) is 2.52. The molecule has 3 rings (SSSR count). The van der Waals surface area contributed by atoms with Crippen molar-refractivity contribution in [2.24, 2.45) is 5.73 Å². The Balaban J connectivity index is 1.63. The summed E-state index contributed by atoms with van der Waals surface area (Å²) in [5.41, 5.74) is 6.00. The molecule has 1 heterocycles. The highest BCUT2D eigenvalue weighted by Gasteiger charge is 2.41. The third kappa shape index (κ3) is 4.05. The van der Waals surface area contributed by atoms with Crippen molar-refractivity contribution in [3.05, 3.63) is 0 Å². The average molecular weight is 340 g/mol. The first-order chi connectivity index (χ1) is 11.1. The second kappa shape index (κ2) is 7.75. The van der Waals surface area contributed by atoms with Crippen molar-refractivity contribution in [1.29, 1.82) is 0 Å². The fourth-order valence-electron chi connectivity index (χ4n) is 4.68. The van der Waals surface area contributed by atoms with Crippen molar-refractivity contribution in [2.75, 3.05) is 31.1 Å². The lowest BCUT2D eigenvalue weighted by Gasteiger charge is -2.48. The van der Waals surface area contributed by atoms with E-state index in [1.807, 2.05) is 0 Å². The Labute approximate surface area is 145 Å². The molecule has 3 aliphatic rings. The fourth-order valence-corrected chi connectivity index (χ4v) is 5.59. The molecule has 23 heavy (non-hydrogen) atoms. The second-order valence-electron chi connectivity index (χ2n) is 7.78. The van der Waals surface area contributed by atoms with E-state index in [9.17, 15) is 4.79 Å². The summed E-state index contributed by atoms with van der Waals surface area (Å²) in [6.07, 6.45) is 11.5. The summed E-state index contributed by atoms with van der Waals surface area (Å²) < 4.78 is 0. The van der Waals surface area contributed by atoms with Crippen LogP contribution >= 0.6 is 11.8 Å². The number of nitrogens with zero attached hydrogens (tertiary/aromatic N) is 1. The van der Waals surface area contributed by atoms with Gasteiger partial charge in [-0.15, -0.1) is 0 Å². The van der Waals surface area contributed by atoms with Gasteiger partial charge < -0.3 is 11.1 Å². The van der Waals surface area contributed by atoms with Crippen molar-refractivity contribution in [3.8, 4) is 0 Å². The Hall–Kier alpha value is -0.260. The van der Waals surface area contributed by atoms with Gasteiger partial charge in [-0.3, -0.25) is 9.69 Å². The highest BCUT2D eigenvalue weighted by atomic mass is 32.2. The number of carbonyl (C=O) groups is 1. The van der Waals surface area contributed by atoms with E-state index in [1.165, 1.54) is 63.1 Å². The normalized spacial score (nSPS) is 28.2. The van der Waals surface area contributed by atoms with E-state index in [0.29, 0.717) is 0 Å². The smallest absolute Gasteiger partial charge is 0.240 e. The molecule has 1 saturated heterocycles. The quantitative estimate of drug-likeness (QED) is 0.826. The summed E-state index contributed by atoms with van der Waals surface area (Å²) in [4.78, 5) is 15.4. The molecule has 0 atom stereocenters. The van der Waals surface area contributed by atoms with Crippen LogP contribution in [0.15, 0.2) is 0 Å². The topological polar surface area (TPSA) is 58.4 Å². The zero-order valence-electron chi connectivity index (χ0n) is 14.4. The first-order valence-corrected chi connectivity index (χ1v) is 10.7. The minimum atomic E-state index is -0.605. The molecule has 0 spiro atoms. The molecule has 3 fully saturated rings. The van der Waals surface area contributed by atoms with Gasteiger partial charge in [-0.2, -0.15) is 11.8 Å². The molecule has 132 valence electrons. The van der Waals surface area contributed by atoms with E-state index in [-0.39, 0.29) is 11.4 Å². The van der Waals surface area contributed by atoms with Gasteiger partial charge in [0.1, 0.15) is 0 Å². The van der Waals surface area contributed by atoms with Gasteiger partial charge in [0.2, 0.25) is 5.91 Å². The molecule has 1 aliphatic heterocycles. The van der Waals surface area contributed by atoms with Crippen molar-refractivity contribution in [2.45, 2.75) is 75.3 Å². The number of carbonyl (C=O) groups excluding carboxylic acids is 1. The lowest BCUT2D eigenvalue weighted by atomic mass is 9.78. The Morgan fingerprint density at radius 3 is 2.13 bits per heavy atom. The number of nitrogens with two attached hydrogens (primary N) is 1. The Kier molecular flexibility index (Phi) is 5.92.